The Hall–Kier alpha value is -0.820. The second kappa shape index (κ2) is 8.87. The van der Waals surface area contributed by atoms with Gasteiger partial charge in [0, 0.05) is 22.6 Å². The fourth-order valence-electron chi connectivity index (χ4n) is 1.91. The van der Waals surface area contributed by atoms with Gasteiger partial charge in [-0.2, -0.15) is 4.31 Å². The molecular formula is C15H22Cl2N2O3S. The van der Waals surface area contributed by atoms with Crippen molar-refractivity contribution in [1.29, 1.82) is 0 Å². The number of hydrogen-bond donors (Lipinski definition) is 1. The van der Waals surface area contributed by atoms with Crippen LogP contribution in [-0.4, -0.2) is 44.0 Å². The first-order valence-corrected chi connectivity index (χ1v) is 9.92. The molecule has 5 nitrogen and oxygen atoms in total. The quantitative estimate of drug-likeness (QED) is 0.753. The highest BCUT2D eigenvalue weighted by atomic mass is 35.5. The van der Waals surface area contributed by atoms with Crippen molar-refractivity contribution in [2.75, 3.05) is 19.3 Å². The highest BCUT2D eigenvalue weighted by Crippen LogP contribution is 2.21. The number of rotatable bonds is 8. The van der Waals surface area contributed by atoms with Crippen LogP contribution in [0.2, 0.25) is 10.0 Å². The van der Waals surface area contributed by atoms with E-state index in [4.69, 9.17) is 23.2 Å². The lowest BCUT2D eigenvalue weighted by atomic mass is 10.1. The molecule has 1 unspecified atom stereocenters. The van der Waals surface area contributed by atoms with Crippen molar-refractivity contribution < 1.29 is 13.2 Å². The molecule has 1 aromatic carbocycles. The highest BCUT2D eigenvalue weighted by molar-refractivity contribution is 7.88. The van der Waals surface area contributed by atoms with E-state index in [1.165, 1.54) is 0 Å². The molecule has 0 bridgehead atoms. The fraction of sp³-hybridized carbons (Fsp3) is 0.533. The van der Waals surface area contributed by atoms with Crippen LogP contribution in [0.25, 0.3) is 0 Å². The molecule has 0 aliphatic rings. The van der Waals surface area contributed by atoms with Crippen molar-refractivity contribution >= 4 is 39.1 Å². The average molecular weight is 381 g/mol. The molecule has 0 heterocycles. The third-order valence-corrected chi connectivity index (χ3v) is 5.29. The SMILES string of the molecule is CCC(C)NC(=O)CN(CCc1ccc(Cl)cc1Cl)S(C)(=O)=O. The van der Waals surface area contributed by atoms with E-state index in [1.54, 1.807) is 18.2 Å². The van der Waals surface area contributed by atoms with Crippen LogP contribution >= 0.6 is 23.2 Å². The summed E-state index contributed by atoms with van der Waals surface area (Å²) in [7, 11) is -3.49. The Labute approximate surface area is 148 Å². The van der Waals surface area contributed by atoms with Gasteiger partial charge < -0.3 is 5.32 Å². The summed E-state index contributed by atoms with van der Waals surface area (Å²) in [4.78, 5) is 11.9. The van der Waals surface area contributed by atoms with Gasteiger partial charge in [-0.05, 0) is 37.5 Å². The van der Waals surface area contributed by atoms with Gasteiger partial charge in [0.05, 0.1) is 12.8 Å². The van der Waals surface area contributed by atoms with Crippen molar-refractivity contribution in [3.8, 4) is 0 Å². The molecule has 0 saturated heterocycles. The van der Waals surface area contributed by atoms with Crippen molar-refractivity contribution in [2.45, 2.75) is 32.7 Å². The maximum absolute atomic E-state index is 11.9. The molecule has 1 rings (SSSR count). The van der Waals surface area contributed by atoms with Crippen LogP contribution < -0.4 is 5.32 Å². The molecule has 1 aromatic rings. The van der Waals surface area contributed by atoms with Crippen LogP contribution in [0.15, 0.2) is 18.2 Å². The second-order valence-corrected chi connectivity index (χ2v) is 8.29. The van der Waals surface area contributed by atoms with Crippen LogP contribution in [0.5, 0.6) is 0 Å². The number of sulfonamides is 1. The summed E-state index contributed by atoms with van der Waals surface area (Å²) < 4.78 is 24.9. The Bertz CT molecular complexity index is 650. The monoisotopic (exact) mass is 380 g/mol. The van der Waals surface area contributed by atoms with Crippen molar-refractivity contribution in [3.63, 3.8) is 0 Å². The van der Waals surface area contributed by atoms with Gasteiger partial charge in [0.2, 0.25) is 15.9 Å². The molecule has 0 aromatic heterocycles. The van der Waals surface area contributed by atoms with Gasteiger partial charge in [0.25, 0.3) is 0 Å². The van der Waals surface area contributed by atoms with Crippen molar-refractivity contribution in [1.82, 2.24) is 9.62 Å². The van der Waals surface area contributed by atoms with Crippen molar-refractivity contribution in [3.05, 3.63) is 33.8 Å². The number of hydrogen-bond acceptors (Lipinski definition) is 3. The number of carbonyl (C=O) groups excluding carboxylic acids is 1. The van der Waals surface area contributed by atoms with Gasteiger partial charge in [-0.1, -0.05) is 36.2 Å². The van der Waals surface area contributed by atoms with E-state index in [0.717, 1.165) is 22.5 Å². The number of nitrogens with zero attached hydrogens (tertiary/aromatic N) is 1. The van der Waals surface area contributed by atoms with E-state index in [0.29, 0.717) is 16.5 Å². The third-order valence-electron chi connectivity index (χ3n) is 3.45. The Morgan fingerprint density at radius 1 is 1.35 bits per heavy atom. The predicted molar refractivity (Wildman–Crippen MR) is 94.5 cm³/mol. The van der Waals surface area contributed by atoms with E-state index in [9.17, 15) is 13.2 Å². The van der Waals surface area contributed by atoms with Crippen LogP contribution in [-0.2, 0) is 21.2 Å². The van der Waals surface area contributed by atoms with E-state index >= 15 is 0 Å². The fourth-order valence-corrected chi connectivity index (χ4v) is 3.19. The second-order valence-electron chi connectivity index (χ2n) is 5.46. The summed E-state index contributed by atoms with van der Waals surface area (Å²) in [6.45, 7) is 3.79. The number of halogens is 2. The molecule has 0 radical (unpaired) electrons. The van der Waals surface area contributed by atoms with Gasteiger partial charge in [0.15, 0.2) is 0 Å². The molecule has 0 saturated carbocycles. The summed E-state index contributed by atoms with van der Waals surface area (Å²) in [6.07, 6.45) is 2.28. The molecule has 0 aliphatic heterocycles. The minimum atomic E-state index is -3.49. The topological polar surface area (TPSA) is 66.5 Å². The van der Waals surface area contributed by atoms with Crippen LogP contribution in [0.3, 0.4) is 0 Å². The zero-order valence-electron chi connectivity index (χ0n) is 13.5. The van der Waals surface area contributed by atoms with Gasteiger partial charge in [-0.25, -0.2) is 8.42 Å². The lowest BCUT2D eigenvalue weighted by molar-refractivity contribution is -0.121. The van der Waals surface area contributed by atoms with E-state index in [1.807, 2.05) is 13.8 Å². The minimum absolute atomic E-state index is 0.00891. The Morgan fingerprint density at radius 3 is 2.52 bits per heavy atom. The molecule has 23 heavy (non-hydrogen) atoms. The maximum Gasteiger partial charge on any atom is 0.235 e. The molecule has 1 amide bonds. The molecule has 130 valence electrons. The van der Waals surface area contributed by atoms with Crippen LogP contribution in [0, 0.1) is 0 Å². The average Bonchev–Trinajstić information content (AvgIpc) is 2.43. The Kier molecular flexibility index (Phi) is 7.80. The van der Waals surface area contributed by atoms with Gasteiger partial charge in [-0.15, -0.1) is 0 Å². The molecule has 0 aliphatic carbocycles. The lowest BCUT2D eigenvalue weighted by Crippen LogP contribution is -2.43. The first-order valence-electron chi connectivity index (χ1n) is 7.32. The van der Waals surface area contributed by atoms with Gasteiger partial charge in [0.1, 0.15) is 0 Å². The van der Waals surface area contributed by atoms with E-state index < -0.39 is 10.0 Å². The number of amides is 1. The zero-order chi connectivity index (χ0) is 17.6. The molecular weight excluding hydrogens is 359 g/mol. The number of carbonyl (C=O) groups is 1. The Morgan fingerprint density at radius 2 is 2.00 bits per heavy atom. The van der Waals surface area contributed by atoms with Crippen molar-refractivity contribution in [2.24, 2.45) is 0 Å². The van der Waals surface area contributed by atoms with Crippen LogP contribution in [0.4, 0.5) is 0 Å². The van der Waals surface area contributed by atoms with Gasteiger partial charge >= 0.3 is 0 Å². The molecule has 8 heteroatoms. The summed E-state index contributed by atoms with van der Waals surface area (Å²) in [5, 5.41) is 3.76. The predicted octanol–water partition coefficient (Wildman–Crippen LogP) is 2.71. The first kappa shape index (κ1) is 20.2. The third kappa shape index (κ3) is 7.08. The van der Waals surface area contributed by atoms with E-state index in [2.05, 4.69) is 5.32 Å². The lowest BCUT2D eigenvalue weighted by Gasteiger charge is -2.21. The largest absolute Gasteiger partial charge is 0.353 e. The summed E-state index contributed by atoms with van der Waals surface area (Å²) in [5.74, 6) is -0.313. The van der Waals surface area contributed by atoms with Crippen LogP contribution in [0.1, 0.15) is 25.8 Å². The summed E-state index contributed by atoms with van der Waals surface area (Å²) >= 11 is 11.9. The summed E-state index contributed by atoms with van der Waals surface area (Å²) in [6, 6.07) is 5.07. The zero-order valence-corrected chi connectivity index (χ0v) is 15.8. The normalized spacial score (nSPS) is 13.1. The molecule has 1 atom stereocenters. The first-order chi connectivity index (χ1) is 10.6. The standard InChI is InChI=1S/C15H22Cl2N2O3S/c1-4-11(2)18-15(20)10-19(23(3,21)22)8-7-12-5-6-13(16)9-14(12)17/h5-6,9,11H,4,7-8,10H2,1-3H3,(H,18,20). The minimum Gasteiger partial charge on any atom is -0.353 e. The molecule has 0 fully saturated rings. The maximum atomic E-state index is 11.9. The van der Waals surface area contributed by atoms with E-state index in [-0.39, 0.29) is 25.0 Å². The summed E-state index contributed by atoms with van der Waals surface area (Å²) in [5.41, 5.74) is 0.784. The number of nitrogens with one attached hydrogen (secondary N) is 1. The molecule has 0 spiro atoms. The number of benzene rings is 1. The Balaban J connectivity index is 2.74. The highest BCUT2D eigenvalue weighted by Gasteiger charge is 2.21. The molecule has 1 N–H and O–H groups in total. The van der Waals surface area contributed by atoms with Gasteiger partial charge in [-0.3, -0.25) is 4.79 Å². The smallest absolute Gasteiger partial charge is 0.235 e.